The van der Waals surface area contributed by atoms with Crippen molar-refractivity contribution in [2.45, 2.75) is 18.5 Å². The monoisotopic (exact) mass is 373 g/mol. The molecule has 0 aliphatic rings. The number of carbonyl (C=O) groups is 1. The molecule has 7 heteroatoms. The topological polar surface area (TPSA) is 78.0 Å². The molecule has 3 aromatic rings. The normalized spacial score (nSPS) is 11.0. The number of thioether (sulfide) groups is 1. The number of nitrogens with two attached hydrogens (primary N) is 1. The lowest BCUT2D eigenvalue weighted by atomic mass is 10.2. The number of aromatic nitrogens is 2. The summed E-state index contributed by atoms with van der Waals surface area (Å²) in [4.78, 5) is 28.7. The molecule has 2 N–H and O–H groups in total. The number of primary amides is 1. The molecule has 25 heavy (non-hydrogen) atoms. The van der Waals surface area contributed by atoms with Crippen molar-refractivity contribution in [1.29, 1.82) is 0 Å². The number of benzene rings is 2. The third-order valence-electron chi connectivity index (χ3n) is 3.80. The molecular weight excluding hydrogens is 358 g/mol. The zero-order valence-electron chi connectivity index (χ0n) is 13.5. The van der Waals surface area contributed by atoms with Crippen molar-refractivity contribution in [2.24, 2.45) is 5.73 Å². The molecule has 0 saturated carbocycles. The van der Waals surface area contributed by atoms with Crippen LogP contribution in [0.3, 0.4) is 0 Å². The van der Waals surface area contributed by atoms with Crippen molar-refractivity contribution in [3.8, 4) is 5.69 Å². The van der Waals surface area contributed by atoms with E-state index in [2.05, 4.69) is 4.98 Å². The molecule has 5 nitrogen and oxygen atoms in total. The van der Waals surface area contributed by atoms with Crippen LogP contribution >= 0.6 is 23.4 Å². The maximum absolute atomic E-state index is 13.1. The maximum Gasteiger partial charge on any atom is 0.266 e. The van der Waals surface area contributed by atoms with Crippen LogP contribution in [0.4, 0.5) is 0 Å². The van der Waals surface area contributed by atoms with Gasteiger partial charge in [-0.2, -0.15) is 0 Å². The predicted molar refractivity (Wildman–Crippen MR) is 102 cm³/mol. The van der Waals surface area contributed by atoms with Crippen LogP contribution in [0, 0.1) is 6.92 Å². The summed E-state index contributed by atoms with van der Waals surface area (Å²) in [6.45, 7) is 1.86. The first kappa shape index (κ1) is 17.5. The van der Waals surface area contributed by atoms with Gasteiger partial charge in [0.1, 0.15) is 0 Å². The predicted octanol–water partition coefficient (Wildman–Crippen LogP) is 3.32. The van der Waals surface area contributed by atoms with Gasteiger partial charge in [-0.1, -0.05) is 41.6 Å². The van der Waals surface area contributed by atoms with E-state index in [4.69, 9.17) is 17.3 Å². The minimum atomic E-state index is -0.388. The van der Waals surface area contributed by atoms with Crippen molar-refractivity contribution in [2.75, 3.05) is 5.75 Å². The summed E-state index contributed by atoms with van der Waals surface area (Å²) in [7, 11) is 0. The van der Waals surface area contributed by atoms with Crippen LogP contribution in [-0.4, -0.2) is 21.2 Å². The number of para-hydroxylation sites is 1. The second-order valence-corrected chi connectivity index (χ2v) is 6.97. The van der Waals surface area contributed by atoms with Gasteiger partial charge >= 0.3 is 0 Å². The van der Waals surface area contributed by atoms with Gasteiger partial charge in [0.05, 0.1) is 16.6 Å². The van der Waals surface area contributed by atoms with Crippen molar-refractivity contribution in [3.63, 3.8) is 0 Å². The SMILES string of the molecule is Cc1c(Cl)cccc1-n1c(SCCC(N)=O)nc2ccccc2c1=O. The zero-order valence-corrected chi connectivity index (χ0v) is 15.1. The molecule has 0 aliphatic heterocycles. The third-order valence-corrected chi connectivity index (χ3v) is 5.15. The minimum absolute atomic E-state index is 0.169. The third kappa shape index (κ3) is 3.55. The highest BCUT2D eigenvalue weighted by molar-refractivity contribution is 7.99. The quantitative estimate of drug-likeness (QED) is 0.549. The van der Waals surface area contributed by atoms with Gasteiger partial charge in [0.2, 0.25) is 5.91 Å². The van der Waals surface area contributed by atoms with Crippen LogP contribution < -0.4 is 11.3 Å². The Bertz CT molecular complexity index is 1020. The van der Waals surface area contributed by atoms with Crippen LogP contribution in [-0.2, 0) is 4.79 Å². The number of nitrogens with zero attached hydrogens (tertiary/aromatic N) is 2. The molecule has 1 amide bonds. The molecule has 0 unspecified atom stereocenters. The first-order valence-corrected chi connectivity index (χ1v) is 9.04. The molecule has 1 aromatic heterocycles. The lowest BCUT2D eigenvalue weighted by Gasteiger charge is -2.15. The Hall–Kier alpha value is -2.31. The Kier molecular flexibility index (Phi) is 5.11. The maximum atomic E-state index is 13.1. The first-order chi connectivity index (χ1) is 12.0. The van der Waals surface area contributed by atoms with E-state index in [1.807, 2.05) is 19.1 Å². The molecule has 0 aliphatic carbocycles. The van der Waals surface area contributed by atoms with E-state index in [0.717, 1.165) is 5.56 Å². The molecule has 128 valence electrons. The highest BCUT2D eigenvalue weighted by Crippen LogP contribution is 2.26. The average Bonchev–Trinajstić information content (AvgIpc) is 2.58. The second-order valence-electron chi connectivity index (χ2n) is 5.50. The first-order valence-electron chi connectivity index (χ1n) is 7.67. The molecule has 0 atom stereocenters. The van der Waals surface area contributed by atoms with Crippen LogP contribution in [0.5, 0.6) is 0 Å². The molecule has 0 radical (unpaired) electrons. The van der Waals surface area contributed by atoms with Gasteiger partial charge in [-0.25, -0.2) is 4.98 Å². The summed E-state index contributed by atoms with van der Waals surface area (Å²) in [5, 5.41) is 1.61. The Labute approximate surface area is 153 Å². The number of halogens is 1. The number of hydrogen-bond donors (Lipinski definition) is 1. The second kappa shape index (κ2) is 7.29. The van der Waals surface area contributed by atoms with Crippen molar-refractivity contribution in [1.82, 2.24) is 9.55 Å². The minimum Gasteiger partial charge on any atom is -0.370 e. The van der Waals surface area contributed by atoms with Crippen LogP contribution in [0.1, 0.15) is 12.0 Å². The largest absolute Gasteiger partial charge is 0.370 e. The summed E-state index contributed by atoms with van der Waals surface area (Å²) < 4.78 is 1.55. The van der Waals surface area contributed by atoms with Gasteiger partial charge in [-0.3, -0.25) is 14.2 Å². The Balaban J connectivity index is 2.23. The molecule has 1 heterocycles. The highest BCUT2D eigenvalue weighted by Gasteiger charge is 2.15. The van der Waals surface area contributed by atoms with E-state index in [1.54, 1.807) is 34.9 Å². The summed E-state index contributed by atoms with van der Waals surface area (Å²) >= 11 is 7.55. The molecule has 0 spiro atoms. The van der Waals surface area contributed by atoms with Gasteiger partial charge < -0.3 is 5.73 Å². The smallest absolute Gasteiger partial charge is 0.266 e. The van der Waals surface area contributed by atoms with Crippen molar-refractivity contribution < 1.29 is 4.79 Å². The van der Waals surface area contributed by atoms with Gasteiger partial charge in [0, 0.05) is 17.2 Å². The fourth-order valence-corrected chi connectivity index (χ4v) is 3.63. The lowest BCUT2D eigenvalue weighted by Crippen LogP contribution is -2.23. The van der Waals surface area contributed by atoms with Gasteiger partial charge in [-0.05, 0) is 36.8 Å². The lowest BCUT2D eigenvalue weighted by molar-refractivity contribution is -0.117. The number of fused-ring (bicyclic) bond motifs is 1. The molecule has 0 saturated heterocycles. The van der Waals surface area contributed by atoms with E-state index in [-0.39, 0.29) is 17.9 Å². The number of amides is 1. The Morgan fingerprint density at radius 1 is 1.24 bits per heavy atom. The zero-order chi connectivity index (χ0) is 18.0. The fraction of sp³-hybridized carbons (Fsp3) is 0.167. The van der Waals surface area contributed by atoms with Crippen LogP contribution in [0.2, 0.25) is 5.02 Å². The summed E-state index contributed by atoms with van der Waals surface area (Å²) in [5.41, 5.74) is 7.13. The molecule has 3 rings (SSSR count). The number of rotatable bonds is 5. The number of carbonyl (C=O) groups excluding carboxylic acids is 1. The van der Waals surface area contributed by atoms with Gasteiger partial charge in [0.15, 0.2) is 5.16 Å². The summed E-state index contributed by atoms with van der Waals surface area (Å²) in [5.74, 6) is 0.0563. The van der Waals surface area contributed by atoms with E-state index in [9.17, 15) is 9.59 Å². The van der Waals surface area contributed by atoms with E-state index < -0.39 is 0 Å². The Morgan fingerprint density at radius 3 is 2.76 bits per heavy atom. The van der Waals surface area contributed by atoms with Gasteiger partial charge in [-0.15, -0.1) is 0 Å². The molecule has 0 fully saturated rings. The molecular formula is C18H16ClN3O2S. The van der Waals surface area contributed by atoms with Crippen molar-refractivity contribution in [3.05, 3.63) is 63.4 Å². The fourth-order valence-electron chi connectivity index (χ4n) is 2.50. The Morgan fingerprint density at radius 2 is 2.00 bits per heavy atom. The van der Waals surface area contributed by atoms with E-state index >= 15 is 0 Å². The van der Waals surface area contributed by atoms with E-state index in [1.165, 1.54) is 11.8 Å². The van der Waals surface area contributed by atoms with Crippen LogP contribution in [0.15, 0.2) is 52.4 Å². The van der Waals surface area contributed by atoms with Crippen LogP contribution in [0.25, 0.3) is 16.6 Å². The van der Waals surface area contributed by atoms with Crippen molar-refractivity contribution >= 4 is 40.2 Å². The average molecular weight is 374 g/mol. The number of hydrogen-bond acceptors (Lipinski definition) is 4. The van der Waals surface area contributed by atoms with Gasteiger partial charge in [0.25, 0.3) is 5.56 Å². The standard InChI is InChI=1S/C18H16ClN3O2S/c1-11-13(19)6-4-8-15(11)22-17(24)12-5-2-3-7-14(12)21-18(22)25-10-9-16(20)23/h2-8H,9-10H2,1H3,(H2,20,23). The summed E-state index contributed by atoms with van der Waals surface area (Å²) in [6.07, 6.45) is 0.210. The molecule has 2 aromatic carbocycles. The van der Waals surface area contributed by atoms with E-state index in [0.29, 0.717) is 32.5 Å². The summed E-state index contributed by atoms with van der Waals surface area (Å²) in [6, 6.07) is 12.6. The molecule has 0 bridgehead atoms. The highest BCUT2D eigenvalue weighted by atomic mass is 35.5.